The molecule has 3 rings (SSSR count). The Hall–Kier alpha value is -2.58. The molecule has 0 atom stereocenters. The molecule has 8 heteroatoms. The second-order valence-corrected chi connectivity index (χ2v) is 9.64. The van der Waals surface area contributed by atoms with E-state index in [9.17, 15) is 17.6 Å². The van der Waals surface area contributed by atoms with Crippen molar-refractivity contribution in [3.63, 3.8) is 0 Å². The second kappa shape index (κ2) is 7.81. The maximum Gasteiger partial charge on any atom is 0.232 e. The first-order valence-electron chi connectivity index (χ1n) is 8.44. The standard InChI is InChI=1S/C20H19FN2O3S2/c1-13-19(28(3,25)26)27-20(22-13)23(2)18(24)12-14-8-10-15(11-9-14)16-6-4-5-7-17(16)21/h4-11H,12H2,1-3H3. The summed E-state index contributed by atoms with van der Waals surface area (Å²) in [7, 11) is -1.81. The molecule has 0 spiro atoms. The third kappa shape index (κ3) is 4.28. The van der Waals surface area contributed by atoms with E-state index in [1.165, 1.54) is 11.0 Å². The number of benzene rings is 2. The molecule has 2 aromatic carbocycles. The van der Waals surface area contributed by atoms with Gasteiger partial charge in [-0.15, -0.1) is 0 Å². The van der Waals surface area contributed by atoms with Gasteiger partial charge in [0.2, 0.25) is 5.91 Å². The number of nitrogens with zero attached hydrogens (tertiary/aromatic N) is 2. The number of likely N-dealkylation sites (N-methyl/N-ethyl adjacent to an activating group) is 1. The Balaban J connectivity index is 1.75. The number of rotatable bonds is 5. The molecule has 28 heavy (non-hydrogen) atoms. The van der Waals surface area contributed by atoms with Gasteiger partial charge in [0.1, 0.15) is 10.0 Å². The van der Waals surface area contributed by atoms with Gasteiger partial charge in [-0.1, -0.05) is 53.8 Å². The van der Waals surface area contributed by atoms with Crippen molar-refractivity contribution in [3.8, 4) is 11.1 Å². The first-order chi connectivity index (χ1) is 13.2. The van der Waals surface area contributed by atoms with Crippen LogP contribution in [0.15, 0.2) is 52.7 Å². The Morgan fingerprint density at radius 1 is 1.14 bits per heavy atom. The Bertz CT molecular complexity index is 1120. The molecule has 1 amide bonds. The van der Waals surface area contributed by atoms with Gasteiger partial charge in [0, 0.05) is 18.9 Å². The second-order valence-electron chi connectivity index (χ2n) is 6.45. The van der Waals surface area contributed by atoms with E-state index in [2.05, 4.69) is 4.98 Å². The van der Waals surface area contributed by atoms with Crippen LogP contribution in [0.1, 0.15) is 11.3 Å². The summed E-state index contributed by atoms with van der Waals surface area (Å²) in [6, 6.07) is 13.6. The summed E-state index contributed by atoms with van der Waals surface area (Å²) in [5, 5.41) is 0.339. The quantitative estimate of drug-likeness (QED) is 0.631. The van der Waals surface area contributed by atoms with Crippen LogP contribution in [0.3, 0.4) is 0 Å². The van der Waals surface area contributed by atoms with Gasteiger partial charge in [0.25, 0.3) is 0 Å². The van der Waals surface area contributed by atoms with Gasteiger partial charge >= 0.3 is 0 Å². The van der Waals surface area contributed by atoms with Crippen LogP contribution in [0.5, 0.6) is 0 Å². The van der Waals surface area contributed by atoms with Crippen LogP contribution >= 0.6 is 11.3 Å². The van der Waals surface area contributed by atoms with Gasteiger partial charge in [-0.25, -0.2) is 17.8 Å². The van der Waals surface area contributed by atoms with Crippen molar-refractivity contribution in [2.45, 2.75) is 17.6 Å². The highest BCUT2D eigenvalue weighted by molar-refractivity contribution is 7.92. The van der Waals surface area contributed by atoms with Gasteiger partial charge in [-0.05, 0) is 24.1 Å². The molecule has 146 valence electrons. The summed E-state index contributed by atoms with van der Waals surface area (Å²) in [6.45, 7) is 1.61. The summed E-state index contributed by atoms with van der Waals surface area (Å²) in [5.41, 5.74) is 2.39. The van der Waals surface area contributed by atoms with Crippen LogP contribution in [0.2, 0.25) is 0 Å². The highest BCUT2D eigenvalue weighted by Gasteiger charge is 2.21. The number of halogens is 1. The van der Waals surface area contributed by atoms with Crippen molar-refractivity contribution < 1.29 is 17.6 Å². The zero-order valence-electron chi connectivity index (χ0n) is 15.6. The van der Waals surface area contributed by atoms with Crippen LogP contribution in [0, 0.1) is 12.7 Å². The summed E-state index contributed by atoms with van der Waals surface area (Å²) >= 11 is 0.979. The lowest BCUT2D eigenvalue weighted by Gasteiger charge is -2.14. The largest absolute Gasteiger partial charge is 0.291 e. The minimum absolute atomic E-state index is 0.126. The topological polar surface area (TPSA) is 67.3 Å². The molecule has 1 aromatic heterocycles. The van der Waals surface area contributed by atoms with Crippen molar-refractivity contribution in [2.24, 2.45) is 0 Å². The third-order valence-electron chi connectivity index (χ3n) is 4.23. The maximum atomic E-state index is 13.9. The number of anilines is 1. The number of hydrogen-bond donors (Lipinski definition) is 0. The van der Waals surface area contributed by atoms with Gasteiger partial charge in [0.15, 0.2) is 15.0 Å². The third-order valence-corrected chi connectivity index (χ3v) is 7.39. The smallest absolute Gasteiger partial charge is 0.232 e. The van der Waals surface area contributed by atoms with E-state index < -0.39 is 9.84 Å². The molecule has 0 aliphatic rings. The fourth-order valence-electron chi connectivity index (χ4n) is 2.75. The van der Waals surface area contributed by atoms with Crippen LogP contribution in [0.25, 0.3) is 11.1 Å². The summed E-state index contributed by atoms with van der Waals surface area (Å²) < 4.78 is 37.6. The Labute approximate surface area is 167 Å². The van der Waals surface area contributed by atoms with Crippen LogP contribution in [-0.2, 0) is 21.1 Å². The monoisotopic (exact) mass is 418 g/mol. The number of hydrogen-bond acceptors (Lipinski definition) is 5. The molecule has 0 aliphatic carbocycles. The number of thiazole rings is 1. The highest BCUT2D eigenvalue weighted by atomic mass is 32.2. The van der Waals surface area contributed by atoms with Crippen molar-refractivity contribution >= 4 is 32.2 Å². The van der Waals surface area contributed by atoms with Crippen molar-refractivity contribution in [2.75, 3.05) is 18.2 Å². The van der Waals surface area contributed by atoms with Gasteiger partial charge in [-0.3, -0.25) is 9.69 Å². The predicted octanol–water partition coefficient (Wildman–Crippen LogP) is 3.87. The molecule has 3 aromatic rings. The predicted molar refractivity (Wildman–Crippen MR) is 109 cm³/mol. The maximum absolute atomic E-state index is 13.9. The Morgan fingerprint density at radius 3 is 2.36 bits per heavy atom. The SMILES string of the molecule is Cc1nc(N(C)C(=O)Cc2ccc(-c3ccccc3F)cc2)sc1S(C)(=O)=O. The number of carbonyl (C=O) groups excluding carboxylic acids is 1. The van der Waals surface area contributed by atoms with E-state index in [-0.39, 0.29) is 22.4 Å². The zero-order chi connectivity index (χ0) is 20.5. The minimum atomic E-state index is -3.38. The molecule has 0 aliphatic heterocycles. The summed E-state index contributed by atoms with van der Waals surface area (Å²) in [6.07, 6.45) is 1.25. The first-order valence-corrected chi connectivity index (χ1v) is 11.2. The lowest BCUT2D eigenvalue weighted by Crippen LogP contribution is -2.27. The average molecular weight is 419 g/mol. The van der Waals surface area contributed by atoms with E-state index >= 15 is 0 Å². The van der Waals surface area contributed by atoms with E-state index in [0.717, 1.165) is 28.7 Å². The lowest BCUT2D eigenvalue weighted by atomic mass is 10.0. The minimum Gasteiger partial charge on any atom is -0.291 e. The zero-order valence-corrected chi connectivity index (χ0v) is 17.3. The number of aryl methyl sites for hydroxylation is 1. The normalized spacial score (nSPS) is 11.4. The fraction of sp³-hybridized carbons (Fsp3) is 0.200. The van der Waals surface area contributed by atoms with E-state index in [0.29, 0.717) is 16.4 Å². The summed E-state index contributed by atoms with van der Waals surface area (Å²) in [4.78, 5) is 18.1. The summed E-state index contributed by atoms with van der Waals surface area (Å²) in [5.74, 6) is -0.515. The highest BCUT2D eigenvalue weighted by Crippen LogP contribution is 2.29. The molecule has 1 heterocycles. The number of amides is 1. The van der Waals surface area contributed by atoms with Gasteiger partial charge < -0.3 is 0 Å². The molecule has 0 N–H and O–H groups in total. The van der Waals surface area contributed by atoms with Crippen LogP contribution in [0.4, 0.5) is 9.52 Å². The number of aromatic nitrogens is 1. The van der Waals surface area contributed by atoms with Crippen LogP contribution in [-0.4, -0.2) is 32.6 Å². The molecule has 0 unspecified atom stereocenters. The van der Waals surface area contributed by atoms with Crippen molar-refractivity contribution in [3.05, 3.63) is 65.6 Å². The van der Waals surface area contributed by atoms with E-state index in [1.807, 2.05) is 0 Å². The first kappa shape index (κ1) is 20.2. The molecular weight excluding hydrogens is 399 g/mol. The fourth-order valence-corrected chi connectivity index (χ4v) is 4.95. The van der Waals surface area contributed by atoms with Crippen molar-refractivity contribution in [1.29, 1.82) is 0 Å². The van der Waals surface area contributed by atoms with E-state index in [1.54, 1.807) is 56.4 Å². The van der Waals surface area contributed by atoms with E-state index in [4.69, 9.17) is 0 Å². The van der Waals surface area contributed by atoms with Gasteiger partial charge in [-0.2, -0.15) is 0 Å². The number of sulfone groups is 1. The molecule has 0 bridgehead atoms. The Kier molecular flexibility index (Phi) is 5.62. The molecule has 0 fully saturated rings. The Morgan fingerprint density at radius 2 is 1.79 bits per heavy atom. The molecular formula is C20H19FN2O3S2. The average Bonchev–Trinajstić information content (AvgIpc) is 3.04. The van der Waals surface area contributed by atoms with Crippen molar-refractivity contribution in [1.82, 2.24) is 4.98 Å². The number of carbonyl (C=O) groups is 1. The van der Waals surface area contributed by atoms with Crippen LogP contribution < -0.4 is 4.90 Å². The van der Waals surface area contributed by atoms with Gasteiger partial charge in [0.05, 0.1) is 12.1 Å². The molecule has 0 saturated heterocycles. The lowest BCUT2D eigenvalue weighted by molar-refractivity contribution is -0.117. The molecule has 5 nitrogen and oxygen atoms in total. The molecule has 0 radical (unpaired) electrons. The molecule has 0 saturated carbocycles.